The number of hydrogen-bond donors (Lipinski definition) is 0. The van der Waals surface area contributed by atoms with Gasteiger partial charge in [0, 0.05) is 7.11 Å². The summed E-state index contributed by atoms with van der Waals surface area (Å²) in [5, 5.41) is 2.92. The predicted octanol–water partition coefficient (Wildman–Crippen LogP) is 17.0. The SMILES string of the molecule is C#CCOCC#C.C=CC.C=CC(C)(C)OC.C=CC1CCCC(C=C)C1.C=CC[Si](CC=C)(c1ccccc1)c1ccccc1.C=COCCOC=C.C=C[Si](C)(C)O[Si](C)(C)C=C.COC(=O)C1C2C=CC(C3C=CC32)C1C(=O)OC.COC(=O)C1CC2C=CC1C1C=CC21. The molecular weight excluding hydrogens is 1260 g/mol. The van der Waals surface area contributed by atoms with Crippen LogP contribution in [0.4, 0.5) is 0 Å². The molecule has 0 radical (unpaired) electrons. The van der Waals surface area contributed by atoms with Crippen molar-refractivity contribution >= 4 is 53.0 Å². The number of methoxy groups -OCH3 is 4. The fourth-order valence-corrected chi connectivity index (χ4v) is 22.8. The minimum atomic E-state index is -1.78. The highest BCUT2D eigenvalue weighted by molar-refractivity contribution is 7.02. The first-order chi connectivity index (χ1) is 46.4. The Kier molecular flexibility index (Phi) is 42.8. The van der Waals surface area contributed by atoms with Crippen LogP contribution in [0, 0.1) is 102 Å². The van der Waals surface area contributed by atoms with Gasteiger partial charge in [0.25, 0.3) is 0 Å². The zero-order valence-corrected chi connectivity index (χ0v) is 63.7. The highest BCUT2D eigenvalue weighted by atomic mass is 28.4. The van der Waals surface area contributed by atoms with E-state index >= 15 is 0 Å². The summed E-state index contributed by atoms with van der Waals surface area (Å²) in [6.45, 7) is 52.9. The van der Waals surface area contributed by atoms with Crippen LogP contribution in [0.1, 0.15) is 52.9 Å². The van der Waals surface area contributed by atoms with Crippen LogP contribution < -0.4 is 10.4 Å². The summed E-state index contributed by atoms with van der Waals surface area (Å²) in [6.07, 6.45) is 48.0. The Morgan fingerprint density at radius 3 is 1.23 bits per heavy atom. The van der Waals surface area contributed by atoms with Gasteiger partial charge in [0.15, 0.2) is 16.6 Å². The van der Waals surface area contributed by atoms with Crippen molar-refractivity contribution in [1.29, 1.82) is 0 Å². The fraction of sp³-hybridized carbons (Fsp3) is 0.434. The van der Waals surface area contributed by atoms with Crippen LogP contribution in [0.15, 0.2) is 235 Å². The molecular formula is C83H118O11Si3. The molecule has 528 valence electrons. The van der Waals surface area contributed by atoms with Crippen molar-refractivity contribution in [3.8, 4) is 24.7 Å². The van der Waals surface area contributed by atoms with Gasteiger partial charge in [-0.2, -0.15) is 0 Å². The summed E-state index contributed by atoms with van der Waals surface area (Å²) in [5.74, 6) is 7.99. The molecule has 0 aliphatic heterocycles. The third-order valence-electron chi connectivity index (χ3n) is 18.1. The summed E-state index contributed by atoms with van der Waals surface area (Å²) in [7, 11) is 0.958. The van der Waals surface area contributed by atoms with Crippen LogP contribution in [-0.4, -0.2) is 103 Å². The molecule has 97 heavy (non-hydrogen) atoms. The number of rotatable bonds is 24. The number of benzene rings is 2. The van der Waals surface area contributed by atoms with Gasteiger partial charge in [-0.05, 0) is 144 Å². The second-order valence-electron chi connectivity index (χ2n) is 25.8. The van der Waals surface area contributed by atoms with Gasteiger partial charge in [0.1, 0.15) is 34.5 Å². The van der Waals surface area contributed by atoms with Gasteiger partial charge in [-0.1, -0.05) is 199 Å². The van der Waals surface area contributed by atoms with Crippen LogP contribution in [0.5, 0.6) is 0 Å². The van der Waals surface area contributed by atoms with E-state index in [4.69, 9.17) is 45.4 Å². The van der Waals surface area contributed by atoms with E-state index < -0.39 is 36.5 Å². The van der Waals surface area contributed by atoms with Crippen molar-refractivity contribution in [1.82, 2.24) is 0 Å². The zero-order valence-electron chi connectivity index (χ0n) is 60.7. The largest absolute Gasteiger partial charge is 0.498 e. The molecule has 2 aromatic rings. The predicted molar refractivity (Wildman–Crippen MR) is 414 cm³/mol. The summed E-state index contributed by atoms with van der Waals surface area (Å²) in [6, 6.07) is 23.8. The summed E-state index contributed by atoms with van der Waals surface area (Å²) in [4.78, 5) is 35.5. The lowest BCUT2D eigenvalue weighted by Crippen LogP contribution is -2.57. The van der Waals surface area contributed by atoms with Crippen LogP contribution in [0.2, 0.25) is 38.3 Å². The average Bonchev–Trinajstić information content (AvgIpc) is 0.729. The van der Waals surface area contributed by atoms with E-state index in [-0.39, 0.29) is 41.3 Å². The second-order valence-corrected chi connectivity index (χ2v) is 38.0. The van der Waals surface area contributed by atoms with Gasteiger partial charge in [-0.15, -0.1) is 65.5 Å². The van der Waals surface area contributed by atoms with Crippen LogP contribution in [-0.2, 0) is 51.7 Å². The number of terminal acetylenes is 2. The standard InChI is InChI=1S/C18H20Si.C14H16O4.C12H14O2.C10H16.C8H18OSi2.C6H10O2.C6H12O.C6H6O.C3H6/c1-3-15-19(16-4-2,17-11-7-5-8-12-17)18-13-9-6-10-14-18;1-17-13(15)11-9-5-6-10(8-4-3-7(8)9)12(11)14(16)18-2;1-14-12(13)11-6-7-2-3-10(11)9-5-4-8(7)9;1-3-9-6-5-7-10(4-2)8-9;1-7-10(3,4)9-11(5,6)8-2;1-3-7-5-6-8-4-2;1-5-6(2,3)7-4;1-3-5-7-6-4-2;1-3-2/h3-14H,1-2,15-16H2;3-12H,1-2H3;2-5,7-11H,6H2,1H3;3-4,9-10H,1-2,5-8H2;7-8H,1-2H2,3-6H3;3-4H,1-2,5-6H2;5H,1H2,2-4H3;1-2H,5-6H2;3H,1H2,2H3. The maximum Gasteiger partial charge on any atom is 0.310 e. The van der Waals surface area contributed by atoms with E-state index in [0.29, 0.717) is 61.9 Å². The topological polar surface area (TPSA) is 125 Å². The molecule has 11 nitrogen and oxygen atoms in total. The molecule has 9 aliphatic rings. The Balaban J connectivity index is 0.000000566. The first-order valence-electron chi connectivity index (χ1n) is 33.6. The molecule has 0 spiro atoms. The number of esters is 3. The molecule has 9 aliphatic carbocycles. The van der Waals surface area contributed by atoms with Gasteiger partial charge in [0.2, 0.25) is 0 Å². The minimum absolute atomic E-state index is 0.0249. The molecule has 3 saturated carbocycles. The van der Waals surface area contributed by atoms with Gasteiger partial charge in [-0.25, -0.2) is 0 Å². The summed E-state index contributed by atoms with van der Waals surface area (Å²) in [5.41, 5.74) is 3.77. The molecule has 14 heteroatoms. The Morgan fingerprint density at radius 2 is 0.928 bits per heavy atom. The van der Waals surface area contributed by atoms with E-state index in [1.54, 1.807) is 19.3 Å². The van der Waals surface area contributed by atoms with Crippen molar-refractivity contribution in [2.75, 3.05) is 54.9 Å². The first-order valence-corrected chi connectivity index (χ1v) is 42.0. The Hall–Kier alpha value is -7.54. The van der Waals surface area contributed by atoms with E-state index in [0.717, 1.165) is 30.3 Å². The van der Waals surface area contributed by atoms with Gasteiger partial charge in [0.05, 0.1) is 57.2 Å². The van der Waals surface area contributed by atoms with Crippen molar-refractivity contribution in [2.24, 2.45) is 76.9 Å². The highest BCUT2D eigenvalue weighted by Gasteiger charge is 2.58. The molecule has 3 fully saturated rings. The Bertz CT molecular complexity index is 2830. The van der Waals surface area contributed by atoms with Crippen molar-refractivity contribution < 1.29 is 51.7 Å². The van der Waals surface area contributed by atoms with E-state index in [1.807, 2.05) is 32.2 Å². The number of carbonyl (C=O) groups excluding carboxylic acids is 3. The average molecular weight is 1380 g/mol. The smallest absolute Gasteiger partial charge is 0.310 e. The van der Waals surface area contributed by atoms with Gasteiger partial charge in [-0.3, -0.25) is 14.4 Å². The lowest BCUT2D eigenvalue weighted by atomic mass is 9.50. The molecule has 0 aromatic heterocycles. The number of ether oxygens (including phenoxy) is 7. The maximum atomic E-state index is 12.0. The number of hydrogen-bond acceptors (Lipinski definition) is 11. The Labute approximate surface area is 590 Å². The quantitative estimate of drug-likeness (QED) is 0.0190. The lowest BCUT2D eigenvalue weighted by Gasteiger charge is -2.53. The van der Waals surface area contributed by atoms with Crippen molar-refractivity contribution in [2.45, 2.75) is 96.8 Å². The molecule has 0 amide bonds. The molecule has 11 rings (SSSR count). The molecule has 0 N–H and O–H groups in total. The highest BCUT2D eigenvalue weighted by Crippen LogP contribution is 2.57. The molecule has 0 heterocycles. The van der Waals surface area contributed by atoms with Crippen LogP contribution >= 0.6 is 0 Å². The second kappa shape index (κ2) is 47.4. The monoisotopic (exact) mass is 1370 g/mol. The molecule has 13 atom stereocenters. The lowest BCUT2D eigenvalue weighted by molar-refractivity contribution is -0.167. The van der Waals surface area contributed by atoms with Crippen molar-refractivity contribution in [3.63, 3.8) is 0 Å². The van der Waals surface area contributed by atoms with E-state index in [9.17, 15) is 14.4 Å². The van der Waals surface area contributed by atoms with E-state index in [2.05, 4.69) is 242 Å². The normalized spacial score (nSPS) is 23.8. The van der Waals surface area contributed by atoms with Crippen molar-refractivity contribution in [3.05, 3.63) is 235 Å². The van der Waals surface area contributed by atoms with Gasteiger partial charge >= 0.3 is 17.9 Å². The molecule has 13 unspecified atom stereocenters. The van der Waals surface area contributed by atoms with Crippen LogP contribution in [0.25, 0.3) is 0 Å². The maximum absolute atomic E-state index is 12.0. The fourth-order valence-electron chi connectivity index (χ4n) is 12.6. The third kappa shape index (κ3) is 28.8. The molecule has 0 saturated heterocycles. The zero-order chi connectivity index (χ0) is 73.0. The third-order valence-corrected chi connectivity index (χ3v) is 29.2. The number of carbonyl (C=O) groups is 3. The van der Waals surface area contributed by atoms with Crippen LogP contribution in [0.3, 0.4) is 0 Å². The molecule has 2 aromatic carbocycles. The van der Waals surface area contributed by atoms with Gasteiger partial charge < -0.3 is 37.3 Å². The summed E-state index contributed by atoms with van der Waals surface area (Å²) >= 11 is 0. The number of fused-ring (bicyclic) bond motifs is 2. The first kappa shape index (κ1) is 87.5. The molecule has 4 bridgehead atoms. The summed E-state index contributed by atoms with van der Waals surface area (Å²) < 4.78 is 39.6. The Morgan fingerprint density at radius 1 is 0.546 bits per heavy atom. The number of allylic oxidation sites excluding steroid dienone is 13. The minimum Gasteiger partial charge on any atom is -0.498 e. The van der Waals surface area contributed by atoms with E-state index in [1.165, 1.54) is 69.9 Å².